The highest BCUT2D eigenvalue weighted by molar-refractivity contribution is 8.07. The number of aromatic amines is 1. The Morgan fingerprint density at radius 3 is 2.61 bits per heavy atom. The molecule has 8 N–H and O–H groups in total. The minimum absolute atomic E-state index is 0.0425. The summed E-state index contributed by atoms with van der Waals surface area (Å²) in [6, 6.07) is 0. The molecule has 4 aromatic rings. The third kappa shape index (κ3) is 6.28. The van der Waals surface area contributed by atoms with Crippen LogP contribution in [-0.4, -0.2) is 109 Å². The molecule has 20 nitrogen and oxygen atoms in total. The highest BCUT2D eigenvalue weighted by Crippen LogP contribution is 2.51. The number of nitrogens with one attached hydrogen (secondary N) is 1. The standard InChI is InChI=1S/C20H25F2N11O9P2S2/c21-8-6(1-2-34)39-19(33-16-11(30-31-33)17(35)29-20(24)28-16)13(8)42-44(37,46)38-3-7-12(41-43(36)45)9(22)18(40-7)32-5-27-10-14(23)25-4-26-15(10)32/h4-9,12-13,18-19,34,43H,1-3H2,(H,36,45)(H,37,46)(H2,23,25,26)(H3,24,28,29,35)/t6-,7-,8-,9+,12-,13-,18-,19-,44?/m1/s1. The van der Waals surface area contributed by atoms with Crippen molar-refractivity contribution >= 4 is 71.6 Å². The summed E-state index contributed by atoms with van der Waals surface area (Å²) in [5, 5.41) is 17.0. The van der Waals surface area contributed by atoms with E-state index in [1.165, 1.54) is 10.9 Å². The van der Waals surface area contributed by atoms with E-state index in [1.54, 1.807) is 0 Å². The van der Waals surface area contributed by atoms with Gasteiger partial charge in [-0.15, -0.1) is 5.10 Å². The van der Waals surface area contributed by atoms with Gasteiger partial charge in [-0.2, -0.15) is 9.67 Å². The van der Waals surface area contributed by atoms with Gasteiger partial charge in [0.25, 0.3) is 5.56 Å². The molecular weight excluding hydrogens is 702 g/mol. The summed E-state index contributed by atoms with van der Waals surface area (Å²) in [4.78, 5) is 51.3. The van der Waals surface area contributed by atoms with E-state index in [0.29, 0.717) is 0 Å². The molecule has 4 aromatic heterocycles. The van der Waals surface area contributed by atoms with Gasteiger partial charge in [0, 0.05) is 6.61 Å². The summed E-state index contributed by atoms with van der Waals surface area (Å²) in [6.07, 6.45) is -10.5. The number of anilines is 2. The Bertz CT molecular complexity index is 1890. The number of ether oxygens (including phenoxy) is 2. The fourth-order valence-corrected chi connectivity index (χ4v) is 7.36. The Morgan fingerprint density at radius 1 is 1.11 bits per heavy atom. The van der Waals surface area contributed by atoms with Gasteiger partial charge >= 0.3 is 6.72 Å². The zero-order valence-corrected chi connectivity index (χ0v) is 26.5. The third-order valence-electron chi connectivity index (χ3n) is 7.09. The molecule has 46 heavy (non-hydrogen) atoms. The molecule has 6 rings (SSSR count). The second kappa shape index (κ2) is 13.1. The van der Waals surface area contributed by atoms with Crippen LogP contribution in [0.1, 0.15) is 18.9 Å². The first-order chi connectivity index (χ1) is 21.9. The number of nitrogens with two attached hydrogens (primary N) is 2. The molecule has 26 heteroatoms. The van der Waals surface area contributed by atoms with E-state index in [-0.39, 0.29) is 40.5 Å². The van der Waals surface area contributed by atoms with Crippen molar-refractivity contribution in [2.45, 2.75) is 55.6 Å². The molecule has 0 spiro atoms. The van der Waals surface area contributed by atoms with E-state index in [1.807, 2.05) is 0 Å². The van der Waals surface area contributed by atoms with Crippen LogP contribution in [0.4, 0.5) is 20.5 Å². The molecule has 0 aromatic carbocycles. The molecule has 0 radical (unpaired) electrons. The van der Waals surface area contributed by atoms with E-state index in [0.717, 1.165) is 11.0 Å². The lowest BCUT2D eigenvalue weighted by molar-refractivity contribution is -0.0538. The predicted molar refractivity (Wildman–Crippen MR) is 160 cm³/mol. The van der Waals surface area contributed by atoms with Crippen molar-refractivity contribution in [2.75, 3.05) is 24.7 Å². The number of hydrogen-bond donors (Lipinski definition) is 6. The number of aliphatic hydroxyl groups excluding tert-OH is 1. The molecule has 2 saturated heterocycles. The van der Waals surface area contributed by atoms with Crippen LogP contribution in [-0.2, 0) is 46.7 Å². The number of alkyl halides is 2. The van der Waals surface area contributed by atoms with E-state index in [9.17, 15) is 19.7 Å². The first kappa shape index (κ1) is 33.2. The number of aliphatic hydroxyl groups is 1. The summed E-state index contributed by atoms with van der Waals surface area (Å²) in [6.45, 7) is -5.55. The van der Waals surface area contributed by atoms with Crippen LogP contribution < -0.4 is 17.0 Å². The quantitative estimate of drug-likeness (QED) is 0.0997. The maximum atomic E-state index is 15.7. The second-order valence-electron chi connectivity index (χ2n) is 9.95. The molecule has 2 aliphatic rings. The monoisotopic (exact) mass is 727 g/mol. The van der Waals surface area contributed by atoms with Crippen molar-refractivity contribution in [3.63, 3.8) is 0 Å². The molecular formula is C20H25F2N11O9P2S2. The summed E-state index contributed by atoms with van der Waals surface area (Å²) in [7, 11) is -2.88. The molecule has 0 amide bonds. The van der Waals surface area contributed by atoms with Gasteiger partial charge in [0.1, 0.15) is 30.2 Å². The lowest BCUT2D eigenvalue weighted by atomic mass is 10.1. The predicted octanol–water partition coefficient (Wildman–Crippen LogP) is -1.13. The maximum Gasteiger partial charge on any atom is 0.325 e. The van der Waals surface area contributed by atoms with Crippen LogP contribution in [0.3, 0.4) is 0 Å². The van der Waals surface area contributed by atoms with Gasteiger partial charge in [0.15, 0.2) is 54.6 Å². The topological polar surface area (TPSA) is 279 Å². The van der Waals surface area contributed by atoms with Gasteiger partial charge in [-0.25, -0.2) is 23.7 Å². The zero-order chi connectivity index (χ0) is 32.9. The van der Waals surface area contributed by atoms with Gasteiger partial charge in [-0.3, -0.25) is 18.9 Å². The fraction of sp³-hybridized carbons (Fsp3) is 0.550. The minimum atomic E-state index is -4.42. The largest absolute Gasteiger partial charge is 0.396 e. The molecule has 250 valence electrons. The number of imidazole rings is 1. The number of nitrogen functional groups attached to an aromatic ring is 2. The van der Waals surface area contributed by atoms with Crippen molar-refractivity contribution in [3.05, 3.63) is 23.0 Å². The van der Waals surface area contributed by atoms with E-state index < -0.39 is 81.9 Å². The van der Waals surface area contributed by atoms with Crippen molar-refractivity contribution in [3.8, 4) is 0 Å². The van der Waals surface area contributed by atoms with Crippen LogP contribution in [0.25, 0.3) is 22.3 Å². The first-order valence-electron chi connectivity index (χ1n) is 13.2. The van der Waals surface area contributed by atoms with Gasteiger partial charge in [0.05, 0.1) is 19.0 Å². The van der Waals surface area contributed by atoms with E-state index in [4.69, 9.17) is 58.1 Å². The summed E-state index contributed by atoms with van der Waals surface area (Å²) in [5.41, 5.74) is 10.6. The maximum absolute atomic E-state index is 15.7. The van der Waals surface area contributed by atoms with Gasteiger partial charge < -0.3 is 44.9 Å². The summed E-state index contributed by atoms with van der Waals surface area (Å²) < 4.78 is 61.3. The molecule has 0 bridgehead atoms. The normalized spacial score (nSPS) is 30.3. The van der Waals surface area contributed by atoms with Crippen molar-refractivity contribution in [1.82, 2.24) is 44.5 Å². The number of halogens is 2. The van der Waals surface area contributed by atoms with Gasteiger partial charge in [0.2, 0.25) is 5.95 Å². The number of hydrogen-bond acceptors (Lipinski definition) is 17. The average molecular weight is 728 g/mol. The third-order valence-corrected chi connectivity index (χ3v) is 9.42. The minimum Gasteiger partial charge on any atom is -0.396 e. The van der Waals surface area contributed by atoms with Crippen molar-refractivity contribution in [2.24, 2.45) is 0 Å². The average Bonchev–Trinajstić information content (AvgIpc) is 3.74. The zero-order valence-electron chi connectivity index (χ0n) is 22.9. The number of rotatable bonds is 11. The SMILES string of the molecule is Nc1nc2c(nnn2[C@@H]2O[C@H](CCO)[C@@H](F)[C@H]2OP(O)(=S)OC[C@H]2O[C@@H](n3cnc4c(N)ncnc43)[C@@H](F)[C@@H]2O[PH](O)=S)c(=O)[nH]1. The fourth-order valence-electron chi connectivity index (χ4n) is 5.11. The Balaban J connectivity index is 1.23. The number of nitrogens with zero attached hydrogens (tertiary/aromatic N) is 8. The van der Waals surface area contributed by atoms with Crippen molar-refractivity contribution < 1.29 is 46.7 Å². The van der Waals surface area contributed by atoms with E-state index in [2.05, 4.69) is 35.2 Å². The number of aromatic nitrogens is 9. The van der Waals surface area contributed by atoms with Gasteiger partial charge in [-0.1, -0.05) is 5.21 Å². The highest BCUT2D eigenvalue weighted by Gasteiger charge is 2.52. The van der Waals surface area contributed by atoms with Gasteiger partial charge in [-0.05, 0) is 30.0 Å². The first-order valence-corrected chi connectivity index (χ1v) is 18.3. The number of fused-ring (bicyclic) bond motifs is 2. The lowest BCUT2D eigenvalue weighted by Gasteiger charge is -2.26. The van der Waals surface area contributed by atoms with Crippen LogP contribution in [0.5, 0.6) is 0 Å². The Kier molecular flexibility index (Phi) is 9.41. The van der Waals surface area contributed by atoms with Crippen LogP contribution in [0.15, 0.2) is 17.4 Å². The molecule has 6 heterocycles. The Morgan fingerprint density at radius 2 is 1.87 bits per heavy atom. The second-order valence-corrected chi connectivity index (χ2v) is 14.6. The molecule has 2 aliphatic heterocycles. The molecule has 2 unspecified atom stereocenters. The van der Waals surface area contributed by atoms with Crippen LogP contribution in [0.2, 0.25) is 0 Å². The van der Waals surface area contributed by atoms with E-state index >= 15 is 8.78 Å². The van der Waals surface area contributed by atoms with Crippen molar-refractivity contribution in [1.29, 1.82) is 0 Å². The molecule has 2 fully saturated rings. The molecule has 0 saturated carbocycles. The molecule has 10 atom stereocenters. The highest BCUT2D eigenvalue weighted by atomic mass is 32.5. The lowest BCUT2D eigenvalue weighted by Crippen LogP contribution is -2.34. The smallest absolute Gasteiger partial charge is 0.325 e. The number of H-pyrrole nitrogens is 1. The summed E-state index contributed by atoms with van der Waals surface area (Å²) >= 11 is 9.91. The summed E-state index contributed by atoms with van der Waals surface area (Å²) in [5.74, 6) is -0.249. The Labute approximate surface area is 265 Å². The van der Waals surface area contributed by atoms with Crippen LogP contribution in [0, 0.1) is 0 Å². The van der Waals surface area contributed by atoms with Crippen LogP contribution >= 0.6 is 13.9 Å². The Hall–Kier alpha value is -2.73. The molecule has 0 aliphatic carbocycles.